The first-order valence-corrected chi connectivity index (χ1v) is 21.2. The summed E-state index contributed by atoms with van der Waals surface area (Å²) in [4.78, 5) is 2.42. The van der Waals surface area contributed by atoms with Crippen molar-refractivity contribution < 1.29 is 0 Å². The van der Waals surface area contributed by atoms with Gasteiger partial charge in [0.1, 0.15) is 0 Å². The Morgan fingerprint density at radius 3 is 0.721 bits per heavy atom. The first kappa shape index (κ1) is 32.9. The topological polar surface area (TPSA) is 3.24 Å². The third-order valence-electron chi connectivity index (χ3n) is 13.6. The number of anilines is 3. The van der Waals surface area contributed by atoms with Crippen LogP contribution in [0.2, 0.25) is 0 Å². The maximum absolute atomic E-state index is 2.42. The molecule has 0 aliphatic heterocycles. The van der Waals surface area contributed by atoms with Crippen LogP contribution in [-0.4, -0.2) is 0 Å². The zero-order valence-corrected chi connectivity index (χ0v) is 33.2. The number of rotatable bonds is 5. The summed E-state index contributed by atoms with van der Waals surface area (Å²) in [5.74, 6) is 0. The Morgan fingerprint density at radius 2 is 0.426 bits per heavy atom. The summed E-state index contributed by atoms with van der Waals surface area (Å²) in [5, 5.41) is 23.4. The third-order valence-corrected chi connectivity index (χ3v) is 13.6. The fourth-order valence-electron chi connectivity index (χ4n) is 10.8. The Bertz CT molecular complexity index is 3640. The highest BCUT2D eigenvalue weighted by atomic mass is 15.1. The summed E-state index contributed by atoms with van der Waals surface area (Å²) in [6.07, 6.45) is 0. The summed E-state index contributed by atoms with van der Waals surface area (Å²) in [6, 6.07) is 79.6. The van der Waals surface area contributed by atoms with Crippen LogP contribution in [-0.2, 0) is 0 Å². The molecule has 0 aliphatic rings. The van der Waals surface area contributed by atoms with Gasteiger partial charge in [-0.25, -0.2) is 0 Å². The number of benzene rings is 14. The van der Waals surface area contributed by atoms with E-state index in [4.69, 9.17) is 0 Å². The molecule has 0 saturated heterocycles. The van der Waals surface area contributed by atoms with Crippen molar-refractivity contribution in [3.63, 3.8) is 0 Å². The molecule has 0 aliphatic carbocycles. The van der Waals surface area contributed by atoms with Crippen LogP contribution in [0.1, 0.15) is 0 Å². The molecule has 14 rings (SSSR count). The van der Waals surface area contributed by atoms with Crippen molar-refractivity contribution in [1.29, 1.82) is 0 Å². The van der Waals surface area contributed by atoms with Crippen molar-refractivity contribution in [2.45, 2.75) is 0 Å². The number of nitrogens with zero attached hydrogens (tertiary/aromatic N) is 1. The maximum atomic E-state index is 2.42. The summed E-state index contributed by atoms with van der Waals surface area (Å²) >= 11 is 0. The lowest BCUT2D eigenvalue weighted by Crippen LogP contribution is -2.10. The molecule has 0 aromatic heterocycles. The van der Waals surface area contributed by atoms with Crippen molar-refractivity contribution >= 4 is 114 Å². The van der Waals surface area contributed by atoms with Crippen molar-refractivity contribution in [2.75, 3.05) is 4.90 Å². The predicted molar refractivity (Wildman–Crippen MR) is 263 cm³/mol. The molecule has 0 N–H and O–H groups in total. The van der Waals surface area contributed by atoms with E-state index in [1.807, 2.05) is 0 Å². The van der Waals surface area contributed by atoms with Crippen LogP contribution in [0.3, 0.4) is 0 Å². The van der Waals surface area contributed by atoms with Gasteiger partial charge in [0.25, 0.3) is 0 Å². The van der Waals surface area contributed by atoms with Crippen LogP contribution in [0.25, 0.3) is 119 Å². The molecule has 14 aromatic carbocycles. The van der Waals surface area contributed by atoms with E-state index in [9.17, 15) is 0 Å². The highest BCUT2D eigenvalue weighted by molar-refractivity contribution is 6.26. The van der Waals surface area contributed by atoms with E-state index in [0.717, 1.165) is 17.1 Å². The lowest BCUT2D eigenvalue weighted by atomic mass is 9.91. The van der Waals surface area contributed by atoms with Crippen molar-refractivity contribution in [3.05, 3.63) is 212 Å². The quantitative estimate of drug-likeness (QED) is 0.158. The van der Waals surface area contributed by atoms with Crippen LogP contribution in [0.4, 0.5) is 17.1 Å². The average Bonchev–Trinajstić information content (AvgIpc) is 3.32. The Kier molecular flexibility index (Phi) is 6.62. The standard InChI is InChI=1S/C60H35N/c1-4-38-10-16-44-30-50(31-45-17-11-39(5-1)55(38)58(44)45)36-22-26-52(27-23-36)61(54-34-48-20-14-42-8-3-9-43-15-21-49(35-54)60(48)57(42)43)53-28-24-37(25-29-53)51-32-46-18-12-40-6-2-7-41-13-19-47(33-51)59(46)56(40)41/h1-35H. The highest BCUT2D eigenvalue weighted by Gasteiger charge is 2.18. The Morgan fingerprint density at radius 1 is 0.180 bits per heavy atom. The Balaban J connectivity index is 0.904. The van der Waals surface area contributed by atoms with E-state index in [1.54, 1.807) is 0 Å². The minimum Gasteiger partial charge on any atom is -0.310 e. The molecule has 280 valence electrons. The van der Waals surface area contributed by atoms with E-state index < -0.39 is 0 Å². The molecular weight excluding hydrogens is 735 g/mol. The molecular formula is C60H35N. The summed E-state index contributed by atoms with van der Waals surface area (Å²) in [5.41, 5.74) is 8.23. The fraction of sp³-hybridized carbons (Fsp3) is 0. The minimum atomic E-state index is 1.12. The van der Waals surface area contributed by atoms with Gasteiger partial charge in [-0.1, -0.05) is 152 Å². The van der Waals surface area contributed by atoms with Gasteiger partial charge in [0, 0.05) is 17.1 Å². The van der Waals surface area contributed by atoms with Crippen molar-refractivity contribution in [3.8, 4) is 22.3 Å². The second-order valence-corrected chi connectivity index (χ2v) is 16.9. The number of hydrogen-bond donors (Lipinski definition) is 0. The zero-order chi connectivity index (χ0) is 39.8. The van der Waals surface area contributed by atoms with Gasteiger partial charge in [-0.15, -0.1) is 0 Å². The molecule has 0 unspecified atom stereocenters. The van der Waals surface area contributed by atoms with Gasteiger partial charge in [-0.3, -0.25) is 0 Å². The smallest absolute Gasteiger partial charge is 0.0473 e. The number of hydrogen-bond acceptors (Lipinski definition) is 1. The monoisotopic (exact) mass is 769 g/mol. The molecule has 0 bridgehead atoms. The molecule has 0 amide bonds. The average molecular weight is 770 g/mol. The second kappa shape index (κ2) is 12.3. The van der Waals surface area contributed by atoms with E-state index in [1.165, 1.54) is 119 Å². The molecule has 0 heterocycles. The molecule has 61 heavy (non-hydrogen) atoms. The molecule has 0 radical (unpaired) electrons. The van der Waals surface area contributed by atoms with Crippen LogP contribution in [0, 0.1) is 0 Å². The van der Waals surface area contributed by atoms with Gasteiger partial charge >= 0.3 is 0 Å². The summed E-state index contributed by atoms with van der Waals surface area (Å²) in [7, 11) is 0. The first-order valence-electron chi connectivity index (χ1n) is 21.2. The summed E-state index contributed by atoms with van der Waals surface area (Å²) in [6.45, 7) is 0. The largest absolute Gasteiger partial charge is 0.310 e. The zero-order valence-electron chi connectivity index (χ0n) is 33.2. The van der Waals surface area contributed by atoms with Gasteiger partial charge in [0.05, 0.1) is 0 Å². The van der Waals surface area contributed by atoms with E-state index >= 15 is 0 Å². The SMILES string of the molecule is c1cc2ccc3cc(-c4ccc(N(c5ccc(-c6cc7ccc8cccc9ccc(c6)c7c89)cc5)c5cc6ccc7cccc8ccc(c5)c6c78)cc4)cc4ccc(c1)c2c34. The van der Waals surface area contributed by atoms with Gasteiger partial charge in [0.15, 0.2) is 0 Å². The summed E-state index contributed by atoms with van der Waals surface area (Å²) < 4.78 is 0. The lowest BCUT2D eigenvalue weighted by molar-refractivity contribution is 1.29. The van der Waals surface area contributed by atoms with Gasteiger partial charge in [0.2, 0.25) is 0 Å². The second-order valence-electron chi connectivity index (χ2n) is 16.9. The molecule has 14 aromatic rings. The van der Waals surface area contributed by atoms with Crippen molar-refractivity contribution in [2.24, 2.45) is 0 Å². The predicted octanol–water partition coefficient (Wildman–Crippen LogP) is 17.2. The van der Waals surface area contributed by atoms with Gasteiger partial charge < -0.3 is 4.90 Å². The van der Waals surface area contributed by atoms with Crippen LogP contribution >= 0.6 is 0 Å². The Hall–Kier alpha value is -8.00. The van der Waals surface area contributed by atoms with E-state index in [0.29, 0.717) is 0 Å². The van der Waals surface area contributed by atoms with Gasteiger partial charge in [-0.05, 0) is 180 Å². The highest BCUT2D eigenvalue weighted by Crippen LogP contribution is 2.44. The van der Waals surface area contributed by atoms with Gasteiger partial charge in [-0.2, -0.15) is 0 Å². The minimum absolute atomic E-state index is 1.12. The van der Waals surface area contributed by atoms with Crippen molar-refractivity contribution in [1.82, 2.24) is 0 Å². The third kappa shape index (κ3) is 4.83. The van der Waals surface area contributed by atoms with E-state index in [-0.39, 0.29) is 0 Å². The molecule has 0 spiro atoms. The van der Waals surface area contributed by atoms with Crippen LogP contribution < -0.4 is 4.90 Å². The molecule has 0 fully saturated rings. The van der Waals surface area contributed by atoms with Crippen LogP contribution in [0.5, 0.6) is 0 Å². The van der Waals surface area contributed by atoms with E-state index in [2.05, 4.69) is 217 Å². The first-order chi connectivity index (χ1) is 30.2. The molecule has 0 atom stereocenters. The molecule has 1 nitrogen and oxygen atoms in total. The van der Waals surface area contributed by atoms with Crippen LogP contribution in [0.15, 0.2) is 212 Å². The molecule has 0 saturated carbocycles. The fourth-order valence-corrected chi connectivity index (χ4v) is 10.8. The normalized spacial score (nSPS) is 12.3. The molecule has 1 heteroatoms. The Labute approximate surface area is 351 Å². The maximum Gasteiger partial charge on any atom is 0.0473 e. The lowest BCUT2D eigenvalue weighted by Gasteiger charge is -2.27.